The summed E-state index contributed by atoms with van der Waals surface area (Å²) in [4.78, 5) is 14.0. The number of carbonyl (C=O) groups excluding carboxylic acids is 1. The summed E-state index contributed by atoms with van der Waals surface area (Å²) in [6.07, 6.45) is 2.10. The highest BCUT2D eigenvalue weighted by Gasteiger charge is 2.32. The highest BCUT2D eigenvalue weighted by Crippen LogP contribution is 2.27. The molecule has 0 saturated heterocycles. The Labute approximate surface area is 136 Å². The molecule has 1 heterocycles. The molecule has 6 nitrogen and oxygen atoms in total. The highest BCUT2D eigenvalue weighted by atomic mass is 16.2. The van der Waals surface area contributed by atoms with Crippen LogP contribution in [0, 0.1) is 11.8 Å². The van der Waals surface area contributed by atoms with Crippen molar-refractivity contribution in [2.45, 2.75) is 45.7 Å². The number of tetrazole rings is 1. The zero-order chi connectivity index (χ0) is 16.4. The van der Waals surface area contributed by atoms with Crippen molar-refractivity contribution in [3.05, 3.63) is 30.3 Å². The minimum Gasteiger partial charge on any atom is -0.351 e. The predicted octanol–water partition coefficient (Wildman–Crippen LogP) is 2.45. The van der Waals surface area contributed by atoms with E-state index in [1.807, 2.05) is 44.2 Å². The van der Waals surface area contributed by atoms with E-state index in [4.69, 9.17) is 0 Å². The van der Waals surface area contributed by atoms with Crippen molar-refractivity contribution >= 4 is 5.91 Å². The number of benzene rings is 1. The SMILES string of the molecule is CC1CC(NC(=O)C(C(C)C)n2nnc(-c3ccccc3)n2)C1. The molecule has 1 aliphatic rings. The second-order valence-electron chi connectivity index (χ2n) is 6.77. The molecule has 23 heavy (non-hydrogen) atoms. The van der Waals surface area contributed by atoms with E-state index in [0.717, 1.165) is 18.4 Å². The van der Waals surface area contributed by atoms with E-state index >= 15 is 0 Å². The fraction of sp³-hybridized carbons (Fsp3) is 0.529. The van der Waals surface area contributed by atoms with Gasteiger partial charge in [-0.05, 0) is 29.9 Å². The van der Waals surface area contributed by atoms with Gasteiger partial charge in [0.05, 0.1) is 0 Å². The standard InChI is InChI=1S/C17H23N5O/c1-11(2)15(17(23)18-14-9-12(3)10-14)22-20-16(19-21-22)13-7-5-4-6-8-13/h4-8,11-12,14-15H,9-10H2,1-3H3,(H,18,23). The minimum absolute atomic E-state index is 0.0195. The third kappa shape index (κ3) is 3.41. The smallest absolute Gasteiger partial charge is 0.247 e. The van der Waals surface area contributed by atoms with Gasteiger partial charge in [0.15, 0.2) is 6.04 Å². The van der Waals surface area contributed by atoms with E-state index < -0.39 is 6.04 Å². The van der Waals surface area contributed by atoms with Crippen molar-refractivity contribution < 1.29 is 4.79 Å². The number of amides is 1. The van der Waals surface area contributed by atoms with Gasteiger partial charge in [0, 0.05) is 11.6 Å². The fourth-order valence-corrected chi connectivity index (χ4v) is 3.03. The number of nitrogens with zero attached hydrogens (tertiary/aromatic N) is 4. The lowest BCUT2D eigenvalue weighted by molar-refractivity contribution is -0.127. The first-order chi connectivity index (χ1) is 11.0. The molecule has 1 aromatic heterocycles. The Balaban J connectivity index is 1.76. The molecule has 1 aromatic carbocycles. The maximum absolute atomic E-state index is 12.6. The molecule has 0 spiro atoms. The number of hydrogen-bond donors (Lipinski definition) is 1. The van der Waals surface area contributed by atoms with Crippen LogP contribution < -0.4 is 5.32 Å². The number of carbonyl (C=O) groups is 1. The summed E-state index contributed by atoms with van der Waals surface area (Å²) in [7, 11) is 0. The topological polar surface area (TPSA) is 72.7 Å². The molecule has 0 aliphatic heterocycles. The van der Waals surface area contributed by atoms with Gasteiger partial charge in [-0.25, -0.2) is 0 Å². The number of aromatic nitrogens is 4. The Morgan fingerprint density at radius 1 is 1.26 bits per heavy atom. The molecule has 2 aromatic rings. The molecule has 1 amide bonds. The van der Waals surface area contributed by atoms with Crippen molar-refractivity contribution in [2.75, 3.05) is 0 Å². The summed E-state index contributed by atoms with van der Waals surface area (Å²) in [6.45, 7) is 6.20. The molecule has 1 N–H and O–H groups in total. The van der Waals surface area contributed by atoms with Gasteiger partial charge >= 0.3 is 0 Å². The normalized spacial score (nSPS) is 21.7. The molecule has 1 aliphatic carbocycles. The molecule has 1 fully saturated rings. The minimum atomic E-state index is -0.434. The van der Waals surface area contributed by atoms with Gasteiger partial charge in [-0.15, -0.1) is 10.2 Å². The van der Waals surface area contributed by atoms with Crippen molar-refractivity contribution in [3.63, 3.8) is 0 Å². The summed E-state index contributed by atoms with van der Waals surface area (Å²) >= 11 is 0. The van der Waals surface area contributed by atoms with Gasteiger partial charge in [-0.3, -0.25) is 4.79 Å². The summed E-state index contributed by atoms with van der Waals surface area (Å²) in [6, 6.07) is 9.52. The van der Waals surface area contributed by atoms with Crippen LogP contribution in [-0.4, -0.2) is 32.2 Å². The number of rotatable bonds is 5. The average Bonchev–Trinajstić information content (AvgIpc) is 2.96. The lowest BCUT2D eigenvalue weighted by Gasteiger charge is -2.34. The third-order valence-corrected chi connectivity index (χ3v) is 4.33. The van der Waals surface area contributed by atoms with Crippen LogP contribution in [0.5, 0.6) is 0 Å². The highest BCUT2D eigenvalue weighted by molar-refractivity contribution is 5.80. The maximum atomic E-state index is 12.6. The summed E-state index contributed by atoms with van der Waals surface area (Å²) in [5, 5.41) is 15.7. The molecule has 1 atom stereocenters. The molecule has 0 radical (unpaired) electrons. The average molecular weight is 313 g/mol. The monoisotopic (exact) mass is 313 g/mol. The summed E-state index contributed by atoms with van der Waals surface area (Å²) in [5.74, 6) is 1.31. The first-order valence-corrected chi connectivity index (χ1v) is 8.20. The van der Waals surface area contributed by atoms with E-state index in [2.05, 4.69) is 27.7 Å². The van der Waals surface area contributed by atoms with Crippen LogP contribution in [0.2, 0.25) is 0 Å². The summed E-state index contributed by atoms with van der Waals surface area (Å²) in [5.41, 5.74) is 0.898. The lowest BCUT2D eigenvalue weighted by Crippen LogP contribution is -2.47. The van der Waals surface area contributed by atoms with Crippen LogP contribution >= 0.6 is 0 Å². The fourth-order valence-electron chi connectivity index (χ4n) is 3.03. The van der Waals surface area contributed by atoms with E-state index in [1.165, 1.54) is 4.80 Å². The van der Waals surface area contributed by atoms with Crippen molar-refractivity contribution in [2.24, 2.45) is 11.8 Å². The second-order valence-corrected chi connectivity index (χ2v) is 6.77. The van der Waals surface area contributed by atoms with Crippen LogP contribution in [0.25, 0.3) is 11.4 Å². The number of hydrogen-bond acceptors (Lipinski definition) is 4. The van der Waals surface area contributed by atoms with Gasteiger partial charge < -0.3 is 5.32 Å². The van der Waals surface area contributed by atoms with Crippen LogP contribution in [0.15, 0.2) is 30.3 Å². The summed E-state index contributed by atoms with van der Waals surface area (Å²) < 4.78 is 0. The second kappa shape index (κ2) is 6.48. The van der Waals surface area contributed by atoms with Crippen LogP contribution in [0.1, 0.15) is 39.7 Å². The Morgan fingerprint density at radius 3 is 2.57 bits per heavy atom. The molecule has 0 bridgehead atoms. The maximum Gasteiger partial charge on any atom is 0.247 e. The van der Waals surface area contributed by atoms with E-state index in [9.17, 15) is 4.79 Å². The first kappa shape index (κ1) is 15.6. The Hall–Kier alpha value is -2.24. The van der Waals surface area contributed by atoms with Crippen LogP contribution in [-0.2, 0) is 4.79 Å². The van der Waals surface area contributed by atoms with Gasteiger partial charge in [-0.1, -0.05) is 51.1 Å². The van der Waals surface area contributed by atoms with Crippen molar-refractivity contribution in [1.82, 2.24) is 25.5 Å². The van der Waals surface area contributed by atoms with E-state index in [-0.39, 0.29) is 17.9 Å². The van der Waals surface area contributed by atoms with E-state index in [1.54, 1.807) is 0 Å². The molecule has 6 heteroatoms. The van der Waals surface area contributed by atoms with Gasteiger partial charge in [0.1, 0.15) is 0 Å². The van der Waals surface area contributed by atoms with Gasteiger partial charge in [0.25, 0.3) is 0 Å². The molecular weight excluding hydrogens is 290 g/mol. The van der Waals surface area contributed by atoms with E-state index in [0.29, 0.717) is 11.7 Å². The zero-order valence-corrected chi connectivity index (χ0v) is 13.8. The third-order valence-electron chi connectivity index (χ3n) is 4.33. The molecule has 3 rings (SSSR count). The van der Waals surface area contributed by atoms with Gasteiger partial charge in [-0.2, -0.15) is 4.80 Å². The quantitative estimate of drug-likeness (QED) is 0.920. The Morgan fingerprint density at radius 2 is 1.96 bits per heavy atom. The van der Waals surface area contributed by atoms with Crippen molar-refractivity contribution in [1.29, 1.82) is 0 Å². The lowest BCUT2D eigenvalue weighted by atomic mass is 9.81. The van der Waals surface area contributed by atoms with Crippen molar-refractivity contribution in [3.8, 4) is 11.4 Å². The van der Waals surface area contributed by atoms with Crippen LogP contribution in [0.3, 0.4) is 0 Å². The molecular formula is C17H23N5O. The first-order valence-electron chi connectivity index (χ1n) is 8.20. The Bertz CT molecular complexity index is 661. The molecule has 1 unspecified atom stereocenters. The Kier molecular flexibility index (Phi) is 4.41. The predicted molar refractivity (Wildman–Crippen MR) is 87.5 cm³/mol. The van der Waals surface area contributed by atoms with Crippen LogP contribution in [0.4, 0.5) is 0 Å². The van der Waals surface area contributed by atoms with Gasteiger partial charge in [0.2, 0.25) is 11.7 Å². The largest absolute Gasteiger partial charge is 0.351 e. The zero-order valence-electron chi connectivity index (χ0n) is 13.8. The molecule has 1 saturated carbocycles. The number of nitrogens with one attached hydrogen (secondary N) is 1. The molecule has 122 valence electrons.